The predicted octanol–water partition coefficient (Wildman–Crippen LogP) is 6.42. The van der Waals surface area contributed by atoms with Crippen molar-refractivity contribution in [3.05, 3.63) is 107 Å². The highest BCUT2D eigenvalue weighted by atomic mass is 19.1. The second-order valence-electron chi connectivity index (χ2n) is 7.91. The fourth-order valence-electron chi connectivity index (χ4n) is 3.73. The number of anilines is 1. The number of methoxy groups -OCH3 is 1. The minimum atomic E-state index is -0.593. The van der Waals surface area contributed by atoms with Crippen molar-refractivity contribution >= 4 is 28.4 Å². The lowest BCUT2D eigenvalue weighted by Gasteiger charge is -2.14. The van der Waals surface area contributed by atoms with Crippen LogP contribution in [-0.4, -0.2) is 13.0 Å². The van der Waals surface area contributed by atoms with Crippen LogP contribution in [0.15, 0.2) is 84.4 Å². The quantitative estimate of drug-likeness (QED) is 0.252. The Labute approximate surface area is 203 Å². The van der Waals surface area contributed by atoms with Crippen LogP contribution in [0.2, 0.25) is 0 Å². The normalized spacial score (nSPS) is 11.1. The van der Waals surface area contributed by atoms with E-state index in [2.05, 4.69) is 36.5 Å². The number of fused-ring (bicyclic) bond motifs is 1. The molecule has 1 N–H and O–H groups in total. The van der Waals surface area contributed by atoms with Crippen molar-refractivity contribution < 1.29 is 18.7 Å². The fourth-order valence-corrected chi connectivity index (χ4v) is 3.73. The molecule has 35 heavy (non-hydrogen) atoms. The number of aryl methyl sites for hydroxylation is 1. The van der Waals surface area contributed by atoms with E-state index in [0.717, 1.165) is 21.9 Å². The lowest BCUT2D eigenvalue weighted by molar-refractivity contribution is -0.112. The molecule has 0 spiro atoms. The summed E-state index contributed by atoms with van der Waals surface area (Å²) in [6.45, 7) is 2.42. The second kappa shape index (κ2) is 10.5. The highest BCUT2D eigenvalue weighted by Crippen LogP contribution is 2.31. The first-order chi connectivity index (χ1) is 17.0. The molecule has 0 heterocycles. The Bertz CT molecular complexity index is 1450. The number of benzene rings is 4. The van der Waals surface area contributed by atoms with Gasteiger partial charge in [-0.1, -0.05) is 42.5 Å². The van der Waals surface area contributed by atoms with Gasteiger partial charge >= 0.3 is 0 Å². The Balaban J connectivity index is 1.53. The molecule has 0 fully saturated rings. The molecule has 0 aliphatic rings. The molecule has 0 atom stereocenters. The van der Waals surface area contributed by atoms with Crippen LogP contribution in [0.3, 0.4) is 0 Å². The van der Waals surface area contributed by atoms with Crippen LogP contribution < -0.4 is 14.8 Å². The van der Waals surface area contributed by atoms with Gasteiger partial charge in [0.1, 0.15) is 24.1 Å². The molecular formula is C29H23FN2O3. The van der Waals surface area contributed by atoms with Crippen LogP contribution in [0.4, 0.5) is 10.1 Å². The van der Waals surface area contributed by atoms with Crippen molar-refractivity contribution in [2.24, 2.45) is 0 Å². The summed E-state index contributed by atoms with van der Waals surface area (Å²) in [6, 6.07) is 24.7. The number of nitrogens with one attached hydrogen (secondary N) is 1. The van der Waals surface area contributed by atoms with Gasteiger partial charge in [0, 0.05) is 11.3 Å². The molecule has 4 aromatic rings. The summed E-state index contributed by atoms with van der Waals surface area (Å²) >= 11 is 0. The van der Waals surface area contributed by atoms with Crippen LogP contribution in [0.5, 0.6) is 11.5 Å². The van der Waals surface area contributed by atoms with Crippen molar-refractivity contribution in [2.75, 3.05) is 12.4 Å². The number of carbonyl (C=O) groups is 1. The molecule has 0 unspecified atom stereocenters. The molecule has 4 rings (SSSR count). The van der Waals surface area contributed by atoms with Crippen LogP contribution in [0.25, 0.3) is 16.8 Å². The standard InChI is InChI=1S/C29H23FN2O3/c1-19-7-9-21-5-3-4-6-25(21)26(19)18-35-27-14-8-20(16-28(27)34-2)15-22(17-31)29(33)32-24-12-10-23(30)11-13-24/h3-16H,18H2,1-2H3,(H,32,33)/b22-15+. The summed E-state index contributed by atoms with van der Waals surface area (Å²) < 4.78 is 24.7. The molecule has 1 amide bonds. The first-order valence-corrected chi connectivity index (χ1v) is 11.0. The summed E-state index contributed by atoms with van der Waals surface area (Å²) in [5.41, 5.74) is 3.12. The number of rotatable bonds is 7. The number of carbonyl (C=O) groups excluding carboxylic acids is 1. The van der Waals surface area contributed by atoms with E-state index in [0.29, 0.717) is 29.4 Å². The highest BCUT2D eigenvalue weighted by Gasteiger charge is 2.12. The van der Waals surface area contributed by atoms with E-state index >= 15 is 0 Å². The monoisotopic (exact) mass is 466 g/mol. The molecule has 0 aliphatic carbocycles. The van der Waals surface area contributed by atoms with E-state index in [-0.39, 0.29) is 5.57 Å². The maximum Gasteiger partial charge on any atom is 0.266 e. The molecular weight excluding hydrogens is 443 g/mol. The molecule has 0 saturated heterocycles. The van der Waals surface area contributed by atoms with Crippen molar-refractivity contribution in [2.45, 2.75) is 13.5 Å². The maximum atomic E-state index is 13.1. The maximum absolute atomic E-state index is 13.1. The summed E-state index contributed by atoms with van der Waals surface area (Å²) in [5, 5.41) is 14.4. The average molecular weight is 467 g/mol. The van der Waals surface area contributed by atoms with E-state index in [9.17, 15) is 14.4 Å². The van der Waals surface area contributed by atoms with Crippen LogP contribution in [-0.2, 0) is 11.4 Å². The fraction of sp³-hybridized carbons (Fsp3) is 0.103. The number of halogens is 1. The topological polar surface area (TPSA) is 71.3 Å². The second-order valence-corrected chi connectivity index (χ2v) is 7.91. The Morgan fingerprint density at radius 2 is 1.80 bits per heavy atom. The Kier molecular flexibility index (Phi) is 7.08. The number of nitriles is 1. The molecule has 0 saturated carbocycles. The van der Waals surface area contributed by atoms with Gasteiger partial charge in [-0.2, -0.15) is 5.26 Å². The zero-order valence-corrected chi connectivity index (χ0v) is 19.3. The van der Waals surface area contributed by atoms with Crippen molar-refractivity contribution in [3.63, 3.8) is 0 Å². The largest absolute Gasteiger partial charge is 0.493 e. The number of nitrogens with zero attached hydrogens (tertiary/aromatic N) is 1. The molecule has 5 nitrogen and oxygen atoms in total. The first kappa shape index (κ1) is 23.5. The lowest BCUT2D eigenvalue weighted by atomic mass is 10.0. The predicted molar refractivity (Wildman–Crippen MR) is 135 cm³/mol. The van der Waals surface area contributed by atoms with E-state index in [1.807, 2.05) is 18.2 Å². The molecule has 0 aromatic heterocycles. The highest BCUT2D eigenvalue weighted by molar-refractivity contribution is 6.09. The van der Waals surface area contributed by atoms with E-state index in [1.165, 1.54) is 37.5 Å². The van der Waals surface area contributed by atoms with Crippen molar-refractivity contribution in [1.29, 1.82) is 5.26 Å². The minimum Gasteiger partial charge on any atom is -0.493 e. The zero-order chi connectivity index (χ0) is 24.8. The number of hydrogen-bond acceptors (Lipinski definition) is 4. The Morgan fingerprint density at radius 3 is 2.54 bits per heavy atom. The third-order valence-corrected chi connectivity index (χ3v) is 5.61. The van der Waals surface area contributed by atoms with Crippen LogP contribution in [0, 0.1) is 24.1 Å². The molecule has 6 heteroatoms. The number of ether oxygens (including phenoxy) is 2. The number of amides is 1. The van der Waals surface area contributed by atoms with Gasteiger partial charge in [0.25, 0.3) is 5.91 Å². The minimum absolute atomic E-state index is 0.101. The van der Waals surface area contributed by atoms with Gasteiger partial charge < -0.3 is 14.8 Å². The molecule has 174 valence electrons. The van der Waals surface area contributed by atoms with Gasteiger partial charge in [0.2, 0.25) is 0 Å². The van der Waals surface area contributed by atoms with Gasteiger partial charge in [-0.3, -0.25) is 4.79 Å². The molecule has 4 aromatic carbocycles. The average Bonchev–Trinajstić information content (AvgIpc) is 2.88. The van der Waals surface area contributed by atoms with Crippen LogP contribution >= 0.6 is 0 Å². The third-order valence-electron chi connectivity index (χ3n) is 5.61. The summed E-state index contributed by atoms with van der Waals surface area (Å²) in [7, 11) is 1.53. The van der Waals surface area contributed by atoms with Gasteiger partial charge in [-0.05, 0) is 71.3 Å². The Hall–Kier alpha value is -4.63. The number of hydrogen-bond donors (Lipinski definition) is 1. The molecule has 0 bridgehead atoms. The summed E-state index contributed by atoms with van der Waals surface area (Å²) in [4.78, 5) is 12.5. The first-order valence-electron chi connectivity index (χ1n) is 11.0. The van der Waals surface area contributed by atoms with E-state index in [4.69, 9.17) is 9.47 Å². The van der Waals surface area contributed by atoms with E-state index < -0.39 is 11.7 Å². The molecule has 0 radical (unpaired) electrons. The van der Waals surface area contributed by atoms with Crippen molar-refractivity contribution in [1.82, 2.24) is 0 Å². The van der Waals surface area contributed by atoms with Crippen LogP contribution in [0.1, 0.15) is 16.7 Å². The third kappa shape index (κ3) is 5.48. The van der Waals surface area contributed by atoms with Gasteiger partial charge in [0.15, 0.2) is 11.5 Å². The lowest BCUT2D eigenvalue weighted by Crippen LogP contribution is -2.13. The Morgan fingerprint density at radius 1 is 1.03 bits per heavy atom. The summed E-state index contributed by atoms with van der Waals surface area (Å²) in [5.74, 6) is 0.0213. The summed E-state index contributed by atoms with van der Waals surface area (Å²) in [6.07, 6.45) is 1.46. The van der Waals surface area contributed by atoms with Crippen molar-refractivity contribution in [3.8, 4) is 17.6 Å². The zero-order valence-electron chi connectivity index (χ0n) is 19.3. The smallest absolute Gasteiger partial charge is 0.266 e. The van der Waals surface area contributed by atoms with Gasteiger partial charge in [-0.25, -0.2) is 4.39 Å². The van der Waals surface area contributed by atoms with Gasteiger partial charge in [-0.15, -0.1) is 0 Å². The van der Waals surface area contributed by atoms with E-state index in [1.54, 1.807) is 18.2 Å². The molecule has 0 aliphatic heterocycles. The van der Waals surface area contributed by atoms with Gasteiger partial charge in [0.05, 0.1) is 7.11 Å². The SMILES string of the molecule is COc1cc(/C=C(\C#N)C(=O)Nc2ccc(F)cc2)ccc1OCc1c(C)ccc2ccccc12.